The molecule has 0 fully saturated rings. The zero-order valence-corrected chi connectivity index (χ0v) is 12.2. The van der Waals surface area contributed by atoms with E-state index in [-0.39, 0.29) is 16.5 Å². The van der Waals surface area contributed by atoms with Crippen molar-refractivity contribution in [3.63, 3.8) is 0 Å². The van der Waals surface area contributed by atoms with E-state index >= 15 is 0 Å². The molecule has 2 aromatic carbocycles. The Kier molecular flexibility index (Phi) is 3.83. The molecule has 3 aromatic rings. The monoisotopic (exact) mass is 334 g/mol. The summed E-state index contributed by atoms with van der Waals surface area (Å²) >= 11 is 5.81. The van der Waals surface area contributed by atoms with E-state index in [0.717, 1.165) is 12.3 Å². The van der Waals surface area contributed by atoms with Crippen LogP contribution in [0.25, 0.3) is 10.9 Å². The van der Waals surface area contributed by atoms with Crippen molar-refractivity contribution in [1.29, 1.82) is 0 Å². The number of nitrogens with one attached hydrogen (secondary N) is 2. The topological polar surface area (TPSA) is 62.0 Å². The maximum atomic E-state index is 13.8. The number of fused-ring (bicyclic) bond motifs is 1. The van der Waals surface area contributed by atoms with Crippen LogP contribution in [0, 0.1) is 11.6 Å². The number of carbonyl (C=O) groups is 1. The Morgan fingerprint density at radius 2 is 1.96 bits per heavy atom. The minimum atomic E-state index is -1.03. The molecule has 0 unspecified atom stereocenters. The summed E-state index contributed by atoms with van der Waals surface area (Å²) in [6, 6.07) is 7.93. The van der Waals surface area contributed by atoms with Crippen molar-refractivity contribution in [3.05, 3.63) is 75.0 Å². The molecule has 0 saturated heterocycles. The van der Waals surface area contributed by atoms with Gasteiger partial charge in [-0.25, -0.2) is 8.78 Å². The van der Waals surface area contributed by atoms with Crippen LogP contribution >= 0.6 is 11.6 Å². The van der Waals surface area contributed by atoms with Crippen molar-refractivity contribution in [2.45, 2.75) is 0 Å². The number of amides is 1. The summed E-state index contributed by atoms with van der Waals surface area (Å²) < 4.78 is 27.0. The van der Waals surface area contributed by atoms with Gasteiger partial charge in [0.25, 0.3) is 5.91 Å². The fourth-order valence-electron chi connectivity index (χ4n) is 2.20. The zero-order valence-electron chi connectivity index (χ0n) is 11.5. The zero-order chi connectivity index (χ0) is 16.6. The SMILES string of the molecule is O=C(Nc1cccc(Cl)c1)c1c[nH]c2cc(F)cc(F)c2c1=O. The van der Waals surface area contributed by atoms with E-state index in [1.165, 1.54) is 6.07 Å². The molecular formula is C16H9ClF2N2O2. The Labute approximate surface area is 133 Å². The van der Waals surface area contributed by atoms with Crippen LogP contribution in [0.2, 0.25) is 5.02 Å². The Bertz CT molecular complexity index is 985. The van der Waals surface area contributed by atoms with Gasteiger partial charge in [0, 0.05) is 23.0 Å². The number of H-pyrrole nitrogens is 1. The van der Waals surface area contributed by atoms with E-state index < -0.39 is 23.0 Å². The molecule has 0 bridgehead atoms. The number of aromatic nitrogens is 1. The normalized spacial score (nSPS) is 10.7. The van der Waals surface area contributed by atoms with Crippen molar-refractivity contribution in [1.82, 2.24) is 4.98 Å². The van der Waals surface area contributed by atoms with Crippen LogP contribution in [0.4, 0.5) is 14.5 Å². The van der Waals surface area contributed by atoms with E-state index in [1.54, 1.807) is 18.2 Å². The lowest BCUT2D eigenvalue weighted by molar-refractivity contribution is 0.102. The number of aromatic amines is 1. The lowest BCUT2D eigenvalue weighted by Crippen LogP contribution is -2.22. The highest BCUT2D eigenvalue weighted by Gasteiger charge is 2.16. The Morgan fingerprint density at radius 1 is 1.17 bits per heavy atom. The smallest absolute Gasteiger partial charge is 0.261 e. The average Bonchev–Trinajstić information content (AvgIpc) is 2.46. The second kappa shape index (κ2) is 5.81. The van der Waals surface area contributed by atoms with E-state index in [1.807, 2.05) is 0 Å². The Balaban J connectivity index is 2.05. The summed E-state index contributed by atoms with van der Waals surface area (Å²) in [7, 11) is 0. The fourth-order valence-corrected chi connectivity index (χ4v) is 2.39. The number of pyridine rings is 1. The molecule has 7 heteroatoms. The highest BCUT2D eigenvalue weighted by Crippen LogP contribution is 2.17. The van der Waals surface area contributed by atoms with Crippen LogP contribution in [0.15, 0.2) is 47.4 Å². The summed E-state index contributed by atoms with van der Waals surface area (Å²) in [4.78, 5) is 27.0. The summed E-state index contributed by atoms with van der Waals surface area (Å²) in [5.41, 5.74) is -0.743. The number of halogens is 3. The first-order chi connectivity index (χ1) is 11.0. The lowest BCUT2D eigenvalue weighted by Gasteiger charge is -2.07. The van der Waals surface area contributed by atoms with Crippen LogP contribution in [0.5, 0.6) is 0 Å². The largest absolute Gasteiger partial charge is 0.360 e. The summed E-state index contributed by atoms with van der Waals surface area (Å²) in [5.74, 6) is -2.57. The van der Waals surface area contributed by atoms with Gasteiger partial charge in [0.1, 0.15) is 17.2 Å². The van der Waals surface area contributed by atoms with Gasteiger partial charge in [-0.05, 0) is 24.3 Å². The molecule has 0 spiro atoms. The van der Waals surface area contributed by atoms with Crippen LogP contribution < -0.4 is 10.7 Å². The summed E-state index contributed by atoms with van der Waals surface area (Å²) in [6.07, 6.45) is 1.11. The first-order valence-corrected chi connectivity index (χ1v) is 6.91. The predicted molar refractivity (Wildman–Crippen MR) is 83.9 cm³/mol. The lowest BCUT2D eigenvalue weighted by atomic mass is 10.1. The van der Waals surface area contributed by atoms with Crippen LogP contribution in [0.1, 0.15) is 10.4 Å². The van der Waals surface area contributed by atoms with Gasteiger partial charge in [-0.1, -0.05) is 17.7 Å². The van der Waals surface area contributed by atoms with Gasteiger partial charge in [-0.15, -0.1) is 0 Å². The molecule has 2 N–H and O–H groups in total. The van der Waals surface area contributed by atoms with Crippen LogP contribution in [-0.2, 0) is 0 Å². The third-order valence-corrected chi connectivity index (χ3v) is 3.46. The fraction of sp³-hybridized carbons (Fsp3) is 0. The summed E-state index contributed by atoms with van der Waals surface area (Å²) in [6.45, 7) is 0. The number of anilines is 1. The Hall–Kier alpha value is -2.73. The average molecular weight is 335 g/mol. The first kappa shape index (κ1) is 15.2. The maximum absolute atomic E-state index is 13.8. The molecule has 0 radical (unpaired) electrons. The van der Waals surface area contributed by atoms with Gasteiger partial charge in [-0.2, -0.15) is 0 Å². The second-order valence-electron chi connectivity index (χ2n) is 4.81. The quantitative estimate of drug-likeness (QED) is 0.750. The van der Waals surface area contributed by atoms with E-state index in [0.29, 0.717) is 16.8 Å². The molecule has 0 saturated carbocycles. The van der Waals surface area contributed by atoms with Gasteiger partial charge in [-0.3, -0.25) is 9.59 Å². The second-order valence-corrected chi connectivity index (χ2v) is 5.24. The van der Waals surface area contributed by atoms with Gasteiger partial charge in [0.05, 0.1) is 10.9 Å². The number of hydrogen-bond donors (Lipinski definition) is 2. The molecule has 4 nitrogen and oxygen atoms in total. The van der Waals surface area contributed by atoms with Gasteiger partial charge < -0.3 is 10.3 Å². The third kappa shape index (κ3) is 2.93. The number of rotatable bonds is 2. The molecule has 1 amide bonds. The molecule has 3 rings (SSSR count). The molecular weight excluding hydrogens is 326 g/mol. The van der Waals surface area contributed by atoms with Crippen molar-refractivity contribution in [2.75, 3.05) is 5.32 Å². The van der Waals surface area contributed by atoms with E-state index in [4.69, 9.17) is 11.6 Å². The summed E-state index contributed by atoms with van der Waals surface area (Å²) in [5, 5.41) is 2.54. The molecule has 1 aromatic heterocycles. The predicted octanol–water partition coefficient (Wildman–Crippen LogP) is 3.71. The third-order valence-electron chi connectivity index (χ3n) is 3.23. The number of benzene rings is 2. The number of carbonyl (C=O) groups excluding carboxylic acids is 1. The maximum Gasteiger partial charge on any atom is 0.261 e. The molecule has 0 aliphatic rings. The highest BCUT2D eigenvalue weighted by molar-refractivity contribution is 6.31. The first-order valence-electron chi connectivity index (χ1n) is 6.53. The number of hydrogen-bond acceptors (Lipinski definition) is 2. The van der Waals surface area contributed by atoms with E-state index in [9.17, 15) is 18.4 Å². The molecule has 0 aliphatic heterocycles. The van der Waals surface area contributed by atoms with Crippen molar-refractivity contribution in [2.24, 2.45) is 0 Å². The van der Waals surface area contributed by atoms with Crippen molar-refractivity contribution >= 4 is 34.1 Å². The minimum absolute atomic E-state index is 0.0215. The van der Waals surface area contributed by atoms with Crippen LogP contribution in [-0.4, -0.2) is 10.9 Å². The highest BCUT2D eigenvalue weighted by atomic mass is 35.5. The molecule has 116 valence electrons. The molecule has 0 atom stereocenters. The van der Waals surface area contributed by atoms with Crippen LogP contribution in [0.3, 0.4) is 0 Å². The van der Waals surface area contributed by atoms with Gasteiger partial charge in [0.15, 0.2) is 0 Å². The minimum Gasteiger partial charge on any atom is -0.360 e. The molecule has 0 aliphatic carbocycles. The molecule has 1 heterocycles. The molecule has 23 heavy (non-hydrogen) atoms. The van der Waals surface area contributed by atoms with E-state index in [2.05, 4.69) is 10.3 Å². The standard InChI is InChI=1S/C16H9ClF2N2O2/c17-8-2-1-3-10(4-8)21-16(23)11-7-20-13-6-9(18)5-12(19)14(13)15(11)22/h1-7H,(H,20,22)(H,21,23). The van der Waals surface area contributed by atoms with Gasteiger partial charge in [0.2, 0.25) is 5.43 Å². The van der Waals surface area contributed by atoms with Crippen molar-refractivity contribution in [3.8, 4) is 0 Å². The van der Waals surface area contributed by atoms with Crippen molar-refractivity contribution < 1.29 is 13.6 Å². The van der Waals surface area contributed by atoms with Gasteiger partial charge >= 0.3 is 0 Å². The Morgan fingerprint density at radius 3 is 2.70 bits per heavy atom.